The average Bonchev–Trinajstić information content (AvgIpc) is 2.72. The standard InChI is InChI=1S/C15H21N3/c1-12-4-3-5-13(10-12)6-7-14(16)11-15-8-9-18(2)17-15/h3-5,8-10,14H,6-7,11,16H2,1-2H3. The molecule has 0 aliphatic carbocycles. The third kappa shape index (κ3) is 3.70. The SMILES string of the molecule is Cc1cccc(CCC(N)Cc2ccn(C)n2)c1. The Morgan fingerprint density at radius 1 is 1.33 bits per heavy atom. The summed E-state index contributed by atoms with van der Waals surface area (Å²) in [7, 11) is 1.93. The van der Waals surface area contributed by atoms with Crippen LogP contribution in [0.3, 0.4) is 0 Å². The number of aryl methyl sites for hydroxylation is 3. The molecule has 3 heteroatoms. The maximum atomic E-state index is 6.15. The van der Waals surface area contributed by atoms with Gasteiger partial charge in [-0.2, -0.15) is 5.10 Å². The first-order valence-corrected chi connectivity index (χ1v) is 6.43. The molecule has 0 aliphatic rings. The second kappa shape index (κ2) is 5.83. The fourth-order valence-electron chi connectivity index (χ4n) is 2.16. The smallest absolute Gasteiger partial charge is 0.0639 e. The van der Waals surface area contributed by atoms with Crippen LogP contribution in [0.2, 0.25) is 0 Å². The van der Waals surface area contributed by atoms with Crippen molar-refractivity contribution < 1.29 is 0 Å². The van der Waals surface area contributed by atoms with Crippen LogP contribution in [-0.4, -0.2) is 15.8 Å². The Labute approximate surface area is 109 Å². The van der Waals surface area contributed by atoms with Gasteiger partial charge in [-0.25, -0.2) is 0 Å². The van der Waals surface area contributed by atoms with Crippen LogP contribution in [0.15, 0.2) is 36.5 Å². The van der Waals surface area contributed by atoms with Crippen molar-refractivity contribution in [1.29, 1.82) is 0 Å². The normalized spacial score (nSPS) is 12.6. The molecule has 96 valence electrons. The molecule has 0 radical (unpaired) electrons. The van der Waals surface area contributed by atoms with Gasteiger partial charge in [0.2, 0.25) is 0 Å². The van der Waals surface area contributed by atoms with Crippen LogP contribution >= 0.6 is 0 Å². The maximum Gasteiger partial charge on any atom is 0.0639 e. The monoisotopic (exact) mass is 243 g/mol. The van der Waals surface area contributed by atoms with Crippen molar-refractivity contribution in [3.8, 4) is 0 Å². The van der Waals surface area contributed by atoms with E-state index in [4.69, 9.17) is 5.73 Å². The van der Waals surface area contributed by atoms with Crippen LogP contribution < -0.4 is 5.73 Å². The summed E-state index contributed by atoms with van der Waals surface area (Å²) in [6, 6.07) is 10.8. The van der Waals surface area contributed by atoms with Gasteiger partial charge in [-0.1, -0.05) is 29.8 Å². The molecular weight excluding hydrogens is 222 g/mol. The third-order valence-corrected chi connectivity index (χ3v) is 3.13. The molecule has 3 nitrogen and oxygen atoms in total. The van der Waals surface area contributed by atoms with Gasteiger partial charge in [0.15, 0.2) is 0 Å². The van der Waals surface area contributed by atoms with E-state index in [0.29, 0.717) is 0 Å². The maximum absolute atomic E-state index is 6.15. The van der Waals surface area contributed by atoms with Crippen molar-refractivity contribution in [2.75, 3.05) is 0 Å². The van der Waals surface area contributed by atoms with Crippen LogP contribution in [0.1, 0.15) is 23.2 Å². The van der Waals surface area contributed by atoms with E-state index in [1.807, 2.05) is 24.0 Å². The van der Waals surface area contributed by atoms with E-state index < -0.39 is 0 Å². The molecule has 0 saturated carbocycles. The Bertz CT molecular complexity index is 502. The zero-order valence-corrected chi connectivity index (χ0v) is 11.1. The molecule has 1 unspecified atom stereocenters. The van der Waals surface area contributed by atoms with E-state index in [2.05, 4.69) is 36.3 Å². The molecule has 0 bridgehead atoms. The molecule has 1 heterocycles. The Hall–Kier alpha value is -1.61. The molecule has 0 spiro atoms. The first kappa shape index (κ1) is 12.8. The summed E-state index contributed by atoms with van der Waals surface area (Å²) in [5.74, 6) is 0. The molecule has 1 aromatic heterocycles. The fourth-order valence-corrected chi connectivity index (χ4v) is 2.16. The van der Waals surface area contributed by atoms with E-state index in [1.54, 1.807) is 0 Å². The van der Waals surface area contributed by atoms with Gasteiger partial charge in [-0.15, -0.1) is 0 Å². The minimum atomic E-state index is 0.181. The highest BCUT2D eigenvalue weighted by molar-refractivity contribution is 5.22. The Morgan fingerprint density at radius 3 is 2.83 bits per heavy atom. The summed E-state index contributed by atoms with van der Waals surface area (Å²) in [4.78, 5) is 0. The summed E-state index contributed by atoms with van der Waals surface area (Å²) >= 11 is 0. The third-order valence-electron chi connectivity index (χ3n) is 3.13. The van der Waals surface area contributed by atoms with Gasteiger partial charge in [-0.3, -0.25) is 4.68 Å². The molecule has 0 amide bonds. The van der Waals surface area contributed by atoms with Crippen LogP contribution in [0, 0.1) is 6.92 Å². The molecule has 2 rings (SSSR count). The number of nitrogens with two attached hydrogens (primary N) is 1. The number of nitrogens with zero attached hydrogens (tertiary/aromatic N) is 2. The first-order valence-electron chi connectivity index (χ1n) is 6.43. The van der Waals surface area contributed by atoms with E-state index in [-0.39, 0.29) is 6.04 Å². The molecule has 1 atom stereocenters. The zero-order valence-electron chi connectivity index (χ0n) is 11.1. The molecule has 0 fully saturated rings. The number of hydrogen-bond donors (Lipinski definition) is 1. The second-order valence-electron chi connectivity index (χ2n) is 4.97. The van der Waals surface area contributed by atoms with Crippen molar-refractivity contribution in [3.05, 3.63) is 53.3 Å². The van der Waals surface area contributed by atoms with Crippen LogP contribution in [0.25, 0.3) is 0 Å². The number of aromatic nitrogens is 2. The van der Waals surface area contributed by atoms with Crippen molar-refractivity contribution in [2.45, 2.75) is 32.2 Å². The number of benzene rings is 1. The lowest BCUT2D eigenvalue weighted by molar-refractivity contribution is 0.595. The van der Waals surface area contributed by atoms with E-state index >= 15 is 0 Å². The number of rotatable bonds is 5. The largest absolute Gasteiger partial charge is 0.327 e. The van der Waals surface area contributed by atoms with Gasteiger partial charge in [0.25, 0.3) is 0 Å². The average molecular weight is 243 g/mol. The van der Waals surface area contributed by atoms with Crippen molar-refractivity contribution in [3.63, 3.8) is 0 Å². The van der Waals surface area contributed by atoms with E-state index in [1.165, 1.54) is 11.1 Å². The Balaban J connectivity index is 1.83. The van der Waals surface area contributed by atoms with Gasteiger partial charge >= 0.3 is 0 Å². The first-order chi connectivity index (χ1) is 8.63. The lowest BCUT2D eigenvalue weighted by atomic mass is 10.0. The molecule has 2 N–H and O–H groups in total. The highest BCUT2D eigenvalue weighted by Crippen LogP contribution is 2.09. The quantitative estimate of drug-likeness (QED) is 0.875. The predicted octanol–water partition coefficient (Wildman–Crippen LogP) is 2.23. The molecule has 18 heavy (non-hydrogen) atoms. The highest BCUT2D eigenvalue weighted by atomic mass is 15.2. The minimum Gasteiger partial charge on any atom is -0.327 e. The van der Waals surface area contributed by atoms with Crippen molar-refractivity contribution in [1.82, 2.24) is 9.78 Å². The summed E-state index contributed by atoms with van der Waals surface area (Å²) in [5, 5.41) is 4.36. The summed E-state index contributed by atoms with van der Waals surface area (Å²) in [5.41, 5.74) is 9.91. The molecular formula is C15H21N3. The van der Waals surface area contributed by atoms with Gasteiger partial charge < -0.3 is 5.73 Å². The lowest BCUT2D eigenvalue weighted by Gasteiger charge is -2.10. The van der Waals surface area contributed by atoms with Crippen LogP contribution in [0.5, 0.6) is 0 Å². The number of hydrogen-bond acceptors (Lipinski definition) is 2. The summed E-state index contributed by atoms with van der Waals surface area (Å²) in [6.07, 6.45) is 4.85. The molecule has 2 aromatic rings. The van der Waals surface area contributed by atoms with Crippen LogP contribution in [0.4, 0.5) is 0 Å². The van der Waals surface area contributed by atoms with Crippen molar-refractivity contribution in [2.24, 2.45) is 12.8 Å². The topological polar surface area (TPSA) is 43.8 Å². The molecule has 0 saturated heterocycles. The van der Waals surface area contributed by atoms with Gasteiger partial charge in [-0.05, 0) is 31.4 Å². The fraction of sp³-hybridized carbons (Fsp3) is 0.400. The molecule has 0 aliphatic heterocycles. The zero-order chi connectivity index (χ0) is 13.0. The van der Waals surface area contributed by atoms with E-state index in [0.717, 1.165) is 25.0 Å². The molecule has 1 aromatic carbocycles. The minimum absolute atomic E-state index is 0.181. The van der Waals surface area contributed by atoms with Gasteiger partial charge in [0.1, 0.15) is 0 Å². The lowest BCUT2D eigenvalue weighted by Crippen LogP contribution is -2.23. The predicted molar refractivity (Wildman–Crippen MR) is 74.4 cm³/mol. The van der Waals surface area contributed by atoms with Crippen molar-refractivity contribution >= 4 is 0 Å². The second-order valence-corrected chi connectivity index (χ2v) is 4.97. The Morgan fingerprint density at radius 2 is 2.17 bits per heavy atom. The van der Waals surface area contributed by atoms with Gasteiger partial charge in [0.05, 0.1) is 5.69 Å². The van der Waals surface area contributed by atoms with Gasteiger partial charge in [0, 0.05) is 25.7 Å². The van der Waals surface area contributed by atoms with E-state index in [9.17, 15) is 0 Å². The highest BCUT2D eigenvalue weighted by Gasteiger charge is 2.06. The summed E-state index contributed by atoms with van der Waals surface area (Å²) < 4.78 is 1.82. The van der Waals surface area contributed by atoms with Crippen LogP contribution in [-0.2, 0) is 19.9 Å². The Kier molecular flexibility index (Phi) is 4.15. The summed E-state index contributed by atoms with van der Waals surface area (Å²) in [6.45, 7) is 2.12.